The molecule has 0 bridgehead atoms. The van der Waals surface area contributed by atoms with E-state index in [0.29, 0.717) is 0 Å². The smallest absolute Gasteiger partial charge is 0.0947 e. The minimum Gasteiger partial charge on any atom is -0.472 e. The second-order valence-corrected chi connectivity index (χ2v) is 4.22. The Morgan fingerprint density at radius 1 is 1.50 bits per heavy atom. The molecule has 14 heavy (non-hydrogen) atoms. The summed E-state index contributed by atoms with van der Waals surface area (Å²) in [5, 5.41) is 3.62. The minimum absolute atomic E-state index is 0.731. The number of rotatable bonds is 4. The quantitative estimate of drug-likeness (QED) is 0.795. The number of hydrogen-bond donors (Lipinski definition) is 1. The second kappa shape index (κ2) is 4.65. The Morgan fingerprint density at radius 2 is 2.43 bits per heavy atom. The first-order valence-corrected chi connectivity index (χ1v) is 5.64. The van der Waals surface area contributed by atoms with Gasteiger partial charge in [0.05, 0.1) is 12.5 Å². The van der Waals surface area contributed by atoms with Gasteiger partial charge in [0.15, 0.2) is 0 Å². The number of furan rings is 1. The van der Waals surface area contributed by atoms with Crippen molar-refractivity contribution in [3.63, 3.8) is 0 Å². The van der Waals surface area contributed by atoms with E-state index in [1.807, 2.05) is 12.3 Å². The molecular weight excluding hydrogens is 174 g/mol. The Bertz CT molecular complexity index is 255. The van der Waals surface area contributed by atoms with Gasteiger partial charge in [-0.2, -0.15) is 0 Å². The summed E-state index contributed by atoms with van der Waals surface area (Å²) in [6.45, 7) is 3.25. The molecule has 1 aliphatic rings. The number of hydrogen-bond acceptors (Lipinski definition) is 2. The van der Waals surface area contributed by atoms with Crippen LogP contribution >= 0.6 is 0 Å². The van der Waals surface area contributed by atoms with Crippen molar-refractivity contribution in [1.29, 1.82) is 0 Å². The maximum atomic E-state index is 5.04. The molecule has 1 aromatic rings. The van der Waals surface area contributed by atoms with Crippen LogP contribution in [-0.4, -0.2) is 6.04 Å². The van der Waals surface area contributed by atoms with E-state index < -0.39 is 0 Å². The molecule has 1 fully saturated rings. The predicted molar refractivity (Wildman–Crippen MR) is 57.0 cm³/mol. The van der Waals surface area contributed by atoms with Gasteiger partial charge in [-0.25, -0.2) is 0 Å². The van der Waals surface area contributed by atoms with Gasteiger partial charge in [-0.3, -0.25) is 0 Å². The molecule has 2 atom stereocenters. The highest BCUT2D eigenvalue weighted by Gasteiger charge is 2.24. The Labute approximate surface area is 85.7 Å². The third-order valence-corrected chi connectivity index (χ3v) is 3.33. The average Bonchev–Trinajstić information content (AvgIpc) is 2.85. The lowest BCUT2D eigenvalue weighted by atomic mass is 10.0. The van der Waals surface area contributed by atoms with Gasteiger partial charge >= 0.3 is 0 Å². The summed E-state index contributed by atoms with van der Waals surface area (Å²) in [6.07, 6.45) is 9.01. The fourth-order valence-electron chi connectivity index (χ4n) is 2.44. The standard InChI is InChI=1S/C12H19NO/c1-2-11-4-3-5-12(11)13-8-10-6-7-14-9-10/h6-7,9,11-13H,2-5,8H2,1H3. The van der Waals surface area contributed by atoms with Crippen molar-refractivity contribution >= 4 is 0 Å². The second-order valence-electron chi connectivity index (χ2n) is 4.22. The van der Waals surface area contributed by atoms with Crippen LogP contribution in [0.25, 0.3) is 0 Å². The van der Waals surface area contributed by atoms with Crippen LogP contribution in [0.2, 0.25) is 0 Å². The molecule has 2 unspecified atom stereocenters. The van der Waals surface area contributed by atoms with E-state index in [9.17, 15) is 0 Å². The molecule has 1 aliphatic carbocycles. The van der Waals surface area contributed by atoms with Gasteiger partial charge in [0.2, 0.25) is 0 Å². The van der Waals surface area contributed by atoms with Crippen molar-refractivity contribution in [2.24, 2.45) is 5.92 Å². The predicted octanol–water partition coefficient (Wildman–Crippen LogP) is 2.95. The fraction of sp³-hybridized carbons (Fsp3) is 0.667. The molecule has 2 rings (SSSR count). The molecule has 2 nitrogen and oxygen atoms in total. The van der Waals surface area contributed by atoms with Gasteiger partial charge in [0.1, 0.15) is 0 Å². The molecule has 2 heteroatoms. The van der Waals surface area contributed by atoms with E-state index in [2.05, 4.69) is 12.2 Å². The molecule has 1 aromatic heterocycles. The first-order valence-electron chi connectivity index (χ1n) is 5.64. The Kier molecular flexibility index (Phi) is 3.25. The highest BCUT2D eigenvalue weighted by molar-refractivity contribution is 5.05. The largest absolute Gasteiger partial charge is 0.472 e. The third kappa shape index (κ3) is 2.18. The highest BCUT2D eigenvalue weighted by atomic mass is 16.3. The van der Waals surface area contributed by atoms with Crippen LogP contribution in [-0.2, 0) is 6.54 Å². The zero-order valence-electron chi connectivity index (χ0n) is 8.83. The van der Waals surface area contributed by atoms with Crippen molar-refractivity contribution in [3.8, 4) is 0 Å². The van der Waals surface area contributed by atoms with Crippen LogP contribution in [0.1, 0.15) is 38.2 Å². The lowest BCUT2D eigenvalue weighted by Gasteiger charge is -2.18. The van der Waals surface area contributed by atoms with Gasteiger partial charge in [0.25, 0.3) is 0 Å². The summed E-state index contributed by atoms with van der Waals surface area (Å²) < 4.78 is 5.04. The van der Waals surface area contributed by atoms with E-state index in [1.165, 1.54) is 31.2 Å². The molecule has 0 aliphatic heterocycles. The summed E-state index contributed by atoms with van der Waals surface area (Å²) in [5.41, 5.74) is 1.26. The maximum Gasteiger partial charge on any atom is 0.0947 e. The molecule has 78 valence electrons. The molecule has 0 saturated heterocycles. The Balaban J connectivity index is 1.80. The topological polar surface area (TPSA) is 25.2 Å². The molecular formula is C12H19NO. The fourth-order valence-corrected chi connectivity index (χ4v) is 2.44. The Morgan fingerprint density at radius 3 is 3.14 bits per heavy atom. The highest BCUT2D eigenvalue weighted by Crippen LogP contribution is 2.28. The molecule has 0 aromatic carbocycles. The van der Waals surface area contributed by atoms with Crippen LogP contribution in [0.4, 0.5) is 0 Å². The van der Waals surface area contributed by atoms with Gasteiger partial charge in [-0.1, -0.05) is 19.8 Å². The van der Waals surface area contributed by atoms with E-state index in [4.69, 9.17) is 4.42 Å². The lowest BCUT2D eigenvalue weighted by molar-refractivity contribution is 0.389. The monoisotopic (exact) mass is 193 g/mol. The summed E-state index contributed by atoms with van der Waals surface area (Å²) >= 11 is 0. The van der Waals surface area contributed by atoms with Crippen LogP contribution in [0.3, 0.4) is 0 Å². The van der Waals surface area contributed by atoms with E-state index in [-0.39, 0.29) is 0 Å². The van der Waals surface area contributed by atoms with Crippen LogP contribution in [0.15, 0.2) is 23.0 Å². The van der Waals surface area contributed by atoms with Gasteiger partial charge in [-0.15, -0.1) is 0 Å². The Hall–Kier alpha value is -0.760. The maximum absolute atomic E-state index is 5.04. The average molecular weight is 193 g/mol. The zero-order chi connectivity index (χ0) is 9.80. The normalized spacial score (nSPS) is 26.9. The minimum atomic E-state index is 0.731. The molecule has 0 spiro atoms. The van der Waals surface area contributed by atoms with Crippen molar-refractivity contribution in [1.82, 2.24) is 5.32 Å². The first kappa shape index (κ1) is 9.78. The summed E-state index contributed by atoms with van der Waals surface area (Å²) in [5.74, 6) is 0.891. The van der Waals surface area contributed by atoms with E-state index in [1.54, 1.807) is 6.26 Å². The van der Waals surface area contributed by atoms with Crippen molar-refractivity contribution in [2.75, 3.05) is 0 Å². The zero-order valence-corrected chi connectivity index (χ0v) is 8.83. The first-order chi connectivity index (χ1) is 6.90. The van der Waals surface area contributed by atoms with Crippen LogP contribution in [0.5, 0.6) is 0 Å². The van der Waals surface area contributed by atoms with Crippen molar-refractivity contribution in [2.45, 2.75) is 45.2 Å². The molecule has 1 heterocycles. The van der Waals surface area contributed by atoms with Crippen molar-refractivity contribution < 1.29 is 4.42 Å². The van der Waals surface area contributed by atoms with Gasteiger partial charge in [-0.05, 0) is 24.8 Å². The number of nitrogens with one attached hydrogen (secondary N) is 1. The summed E-state index contributed by atoms with van der Waals surface area (Å²) in [7, 11) is 0. The summed E-state index contributed by atoms with van der Waals surface area (Å²) in [6, 6.07) is 2.76. The lowest BCUT2D eigenvalue weighted by Crippen LogP contribution is -2.31. The molecule has 0 amide bonds. The summed E-state index contributed by atoms with van der Waals surface area (Å²) in [4.78, 5) is 0. The van der Waals surface area contributed by atoms with Crippen molar-refractivity contribution in [3.05, 3.63) is 24.2 Å². The van der Waals surface area contributed by atoms with Crippen LogP contribution < -0.4 is 5.32 Å². The van der Waals surface area contributed by atoms with Gasteiger partial charge < -0.3 is 9.73 Å². The third-order valence-electron chi connectivity index (χ3n) is 3.33. The van der Waals surface area contributed by atoms with Crippen LogP contribution in [0, 0.1) is 5.92 Å². The SMILES string of the molecule is CCC1CCCC1NCc1ccoc1. The van der Waals surface area contributed by atoms with Gasteiger partial charge in [0, 0.05) is 18.2 Å². The van der Waals surface area contributed by atoms with E-state index in [0.717, 1.165) is 18.5 Å². The molecule has 1 N–H and O–H groups in total. The van der Waals surface area contributed by atoms with E-state index >= 15 is 0 Å². The molecule has 1 saturated carbocycles. The molecule has 0 radical (unpaired) electrons.